The van der Waals surface area contributed by atoms with Crippen molar-refractivity contribution in [2.75, 3.05) is 19.8 Å². The summed E-state index contributed by atoms with van der Waals surface area (Å²) in [7, 11) is 0. The van der Waals surface area contributed by atoms with Gasteiger partial charge in [0.15, 0.2) is 0 Å². The zero-order chi connectivity index (χ0) is 19.9. The van der Waals surface area contributed by atoms with Crippen LogP contribution in [-0.2, 0) is 25.6 Å². The van der Waals surface area contributed by atoms with Gasteiger partial charge in [0.1, 0.15) is 11.6 Å². The molecular weight excluding hydrogens is 350 g/mol. The first kappa shape index (κ1) is 21.2. The molecule has 0 aromatic heterocycles. The van der Waals surface area contributed by atoms with Gasteiger partial charge >= 0.3 is 12.1 Å². The predicted molar refractivity (Wildman–Crippen MR) is 99.4 cm³/mol. The predicted octanol–water partition coefficient (Wildman–Crippen LogP) is 3.07. The second-order valence-corrected chi connectivity index (χ2v) is 7.61. The molecule has 1 aromatic rings. The van der Waals surface area contributed by atoms with Crippen LogP contribution in [0.1, 0.15) is 39.2 Å². The van der Waals surface area contributed by atoms with E-state index in [1.54, 1.807) is 20.8 Å². The smallest absolute Gasteiger partial charge is 0.411 e. The maximum absolute atomic E-state index is 12.2. The van der Waals surface area contributed by atoms with E-state index in [0.717, 1.165) is 5.56 Å². The summed E-state index contributed by atoms with van der Waals surface area (Å²) in [5.74, 6) is -1.04. The summed E-state index contributed by atoms with van der Waals surface area (Å²) in [6.07, 6.45) is 0.0346. The Balaban J connectivity index is 1.70. The van der Waals surface area contributed by atoms with Gasteiger partial charge in [-0.15, -0.1) is 0 Å². The van der Waals surface area contributed by atoms with Crippen LogP contribution in [0.15, 0.2) is 30.3 Å². The number of carboxylic acid groups (broad SMARTS) is 1. The molecule has 1 saturated heterocycles. The van der Waals surface area contributed by atoms with Crippen LogP contribution >= 0.6 is 0 Å². The SMILES string of the molecule is CC(C)(C)OC(=O)N1CC(OCCCOCc2ccccc2)C[C@H]1C(=O)O. The van der Waals surface area contributed by atoms with E-state index in [2.05, 4.69) is 0 Å². The first-order chi connectivity index (χ1) is 12.8. The van der Waals surface area contributed by atoms with Gasteiger partial charge in [-0.05, 0) is 32.8 Å². The first-order valence-electron chi connectivity index (χ1n) is 9.22. The maximum atomic E-state index is 12.2. The van der Waals surface area contributed by atoms with E-state index in [9.17, 15) is 14.7 Å². The lowest BCUT2D eigenvalue weighted by atomic mass is 10.2. The lowest BCUT2D eigenvalue weighted by molar-refractivity contribution is -0.142. The molecule has 0 radical (unpaired) electrons. The number of ether oxygens (including phenoxy) is 3. The number of benzene rings is 1. The minimum Gasteiger partial charge on any atom is -0.480 e. The summed E-state index contributed by atoms with van der Waals surface area (Å²) >= 11 is 0. The Morgan fingerprint density at radius 3 is 2.52 bits per heavy atom. The number of nitrogens with zero attached hydrogens (tertiary/aromatic N) is 1. The standard InChI is InChI=1S/C20H29NO6/c1-20(2,3)27-19(24)21-13-16(12-17(21)18(22)23)26-11-7-10-25-14-15-8-5-4-6-9-15/h4-6,8-9,16-17H,7,10-14H2,1-3H3,(H,22,23)/t16?,17-/m0/s1. The van der Waals surface area contributed by atoms with Gasteiger partial charge in [0.25, 0.3) is 0 Å². The summed E-state index contributed by atoms with van der Waals surface area (Å²) in [5, 5.41) is 9.37. The average Bonchev–Trinajstić information content (AvgIpc) is 3.02. The Labute approximate surface area is 160 Å². The number of aliphatic carboxylic acids is 1. The fourth-order valence-electron chi connectivity index (χ4n) is 2.85. The van der Waals surface area contributed by atoms with Gasteiger partial charge in [-0.2, -0.15) is 0 Å². The van der Waals surface area contributed by atoms with E-state index < -0.39 is 23.7 Å². The number of carbonyl (C=O) groups is 2. The van der Waals surface area contributed by atoms with Crippen molar-refractivity contribution in [1.82, 2.24) is 4.90 Å². The molecule has 1 unspecified atom stereocenters. The highest BCUT2D eigenvalue weighted by Gasteiger charge is 2.42. The summed E-state index contributed by atoms with van der Waals surface area (Å²) in [4.78, 5) is 24.9. The molecule has 1 aliphatic rings. The van der Waals surface area contributed by atoms with Crippen LogP contribution in [0.4, 0.5) is 4.79 Å². The Bertz CT molecular complexity index is 613. The molecule has 1 fully saturated rings. The Morgan fingerprint density at radius 1 is 1.19 bits per heavy atom. The molecule has 0 spiro atoms. The van der Waals surface area contributed by atoms with Crippen molar-refractivity contribution in [3.05, 3.63) is 35.9 Å². The molecule has 1 aliphatic heterocycles. The van der Waals surface area contributed by atoms with Crippen LogP contribution < -0.4 is 0 Å². The van der Waals surface area contributed by atoms with Crippen molar-refractivity contribution in [3.8, 4) is 0 Å². The second kappa shape index (κ2) is 9.71. The maximum Gasteiger partial charge on any atom is 0.411 e. The molecule has 1 heterocycles. The largest absolute Gasteiger partial charge is 0.480 e. The average molecular weight is 379 g/mol. The van der Waals surface area contributed by atoms with Gasteiger partial charge in [-0.25, -0.2) is 9.59 Å². The van der Waals surface area contributed by atoms with Crippen LogP contribution in [-0.4, -0.2) is 59.6 Å². The molecule has 150 valence electrons. The first-order valence-corrected chi connectivity index (χ1v) is 9.22. The van der Waals surface area contributed by atoms with E-state index in [4.69, 9.17) is 14.2 Å². The number of carbonyl (C=O) groups excluding carboxylic acids is 1. The van der Waals surface area contributed by atoms with E-state index in [1.165, 1.54) is 4.90 Å². The van der Waals surface area contributed by atoms with Gasteiger partial charge in [-0.3, -0.25) is 4.90 Å². The van der Waals surface area contributed by atoms with E-state index >= 15 is 0 Å². The summed E-state index contributed by atoms with van der Waals surface area (Å²) < 4.78 is 16.7. The Kier molecular flexibility index (Phi) is 7.62. The molecule has 0 saturated carbocycles. The van der Waals surface area contributed by atoms with Crippen LogP contribution in [0.5, 0.6) is 0 Å². The van der Waals surface area contributed by atoms with E-state index in [-0.39, 0.29) is 19.1 Å². The fraction of sp³-hybridized carbons (Fsp3) is 0.600. The lowest BCUT2D eigenvalue weighted by Crippen LogP contribution is -2.43. The van der Waals surface area contributed by atoms with Gasteiger partial charge in [-0.1, -0.05) is 30.3 Å². The number of hydrogen-bond donors (Lipinski definition) is 1. The van der Waals surface area contributed by atoms with Gasteiger partial charge < -0.3 is 19.3 Å². The molecule has 0 aliphatic carbocycles. The summed E-state index contributed by atoms with van der Waals surface area (Å²) in [5.41, 5.74) is 0.446. The molecule has 1 amide bonds. The third-order valence-corrected chi connectivity index (χ3v) is 4.07. The minimum absolute atomic E-state index is 0.219. The number of likely N-dealkylation sites (tertiary alicyclic amines) is 1. The normalized spacial score (nSPS) is 19.9. The van der Waals surface area contributed by atoms with Gasteiger partial charge in [0.2, 0.25) is 0 Å². The molecule has 1 aromatic carbocycles. The van der Waals surface area contributed by atoms with Gasteiger partial charge in [0, 0.05) is 19.6 Å². The van der Waals surface area contributed by atoms with Crippen molar-refractivity contribution in [1.29, 1.82) is 0 Å². The molecule has 2 rings (SSSR count). The van der Waals surface area contributed by atoms with Crippen molar-refractivity contribution in [3.63, 3.8) is 0 Å². The topological polar surface area (TPSA) is 85.3 Å². The van der Waals surface area contributed by atoms with Crippen molar-refractivity contribution in [2.45, 2.75) is 58.0 Å². The van der Waals surface area contributed by atoms with Crippen molar-refractivity contribution in [2.24, 2.45) is 0 Å². The molecule has 0 bridgehead atoms. The quantitative estimate of drug-likeness (QED) is 0.699. The molecular formula is C20H29NO6. The monoisotopic (exact) mass is 379 g/mol. The van der Waals surface area contributed by atoms with E-state index in [0.29, 0.717) is 26.2 Å². The third-order valence-electron chi connectivity index (χ3n) is 4.07. The molecule has 7 heteroatoms. The number of hydrogen-bond acceptors (Lipinski definition) is 5. The zero-order valence-corrected chi connectivity index (χ0v) is 16.2. The van der Waals surface area contributed by atoms with Gasteiger partial charge in [0.05, 0.1) is 19.3 Å². The highest BCUT2D eigenvalue weighted by Crippen LogP contribution is 2.23. The number of carboxylic acids is 1. The molecule has 1 N–H and O–H groups in total. The van der Waals surface area contributed by atoms with Crippen LogP contribution in [0.2, 0.25) is 0 Å². The number of rotatable bonds is 8. The van der Waals surface area contributed by atoms with Crippen molar-refractivity contribution < 1.29 is 28.9 Å². The Hall–Kier alpha value is -2.12. The highest BCUT2D eigenvalue weighted by atomic mass is 16.6. The fourth-order valence-corrected chi connectivity index (χ4v) is 2.85. The molecule has 27 heavy (non-hydrogen) atoms. The highest BCUT2D eigenvalue weighted by molar-refractivity contribution is 5.81. The zero-order valence-electron chi connectivity index (χ0n) is 16.2. The Morgan fingerprint density at radius 2 is 1.89 bits per heavy atom. The molecule has 2 atom stereocenters. The van der Waals surface area contributed by atoms with Crippen LogP contribution in [0.3, 0.4) is 0 Å². The third kappa shape index (κ3) is 7.19. The summed E-state index contributed by atoms with van der Waals surface area (Å²) in [6.45, 7) is 7.03. The lowest BCUT2D eigenvalue weighted by Gasteiger charge is -2.26. The van der Waals surface area contributed by atoms with Crippen LogP contribution in [0.25, 0.3) is 0 Å². The molecule has 7 nitrogen and oxygen atoms in total. The van der Waals surface area contributed by atoms with E-state index in [1.807, 2.05) is 30.3 Å². The summed E-state index contributed by atoms with van der Waals surface area (Å²) in [6, 6.07) is 9.00. The minimum atomic E-state index is -1.04. The number of amides is 1. The van der Waals surface area contributed by atoms with Crippen LogP contribution in [0, 0.1) is 0 Å². The van der Waals surface area contributed by atoms with Crippen molar-refractivity contribution >= 4 is 12.1 Å². The second-order valence-electron chi connectivity index (χ2n) is 7.61.